The van der Waals surface area contributed by atoms with Gasteiger partial charge in [-0.25, -0.2) is 9.37 Å². The lowest BCUT2D eigenvalue weighted by Crippen LogP contribution is -2.38. The van der Waals surface area contributed by atoms with Crippen molar-refractivity contribution in [1.82, 2.24) is 4.98 Å². The van der Waals surface area contributed by atoms with E-state index in [0.717, 1.165) is 31.2 Å². The van der Waals surface area contributed by atoms with E-state index in [9.17, 15) is 14.0 Å². The van der Waals surface area contributed by atoms with Crippen LogP contribution in [-0.4, -0.2) is 23.5 Å². The summed E-state index contributed by atoms with van der Waals surface area (Å²) in [6, 6.07) is 6.16. The molecule has 1 N–H and O–H groups in total. The highest BCUT2D eigenvalue weighted by molar-refractivity contribution is 7.13. The first-order valence-electron chi connectivity index (χ1n) is 8.71. The topological polar surface area (TPSA) is 68.3 Å². The third kappa shape index (κ3) is 3.93. The van der Waals surface area contributed by atoms with Crippen molar-refractivity contribution in [3.05, 3.63) is 46.7 Å². The van der Waals surface area contributed by atoms with Gasteiger partial charge in [0.25, 0.3) is 0 Å². The molecule has 0 saturated heterocycles. The van der Waals surface area contributed by atoms with E-state index in [-0.39, 0.29) is 24.1 Å². The van der Waals surface area contributed by atoms with Gasteiger partial charge in [0.05, 0.1) is 24.1 Å². The molecule has 0 aliphatic heterocycles. The molecule has 0 bridgehead atoms. The van der Waals surface area contributed by atoms with Crippen molar-refractivity contribution in [2.24, 2.45) is 0 Å². The van der Waals surface area contributed by atoms with Gasteiger partial charge >= 0.3 is 5.97 Å². The lowest BCUT2D eigenvalue weighted by molar-refractivity contribution is -0.142. The van der Waals surface area contributed by atoms with E-state index >= 15 is 0 Å². The molecule has 138 valence electrons. The van der Waals surface area contributed by atoms with Crippen molar-refractivity contribution in [3.63, 3.8) is 0 Å². The molecular formula is C19H21FN2O3S. The van der Waals surface area contributed by atoms with E-state index in [2.05, 4.69) is 10.3 Å². The third-order valence-electron chi connectivity index (χ3n) is 4.69. The molecule has 1 aliphatic carbocycles. The van der Waals surface area contributed by atoms with Gasteiger partial charge in [0.1, 0.15) is 5.82 Å². The maximum atomic E-state index is 13.3. The van der Waals surface area contributed by atoms with E-state index in [1.807, 2.05) is 0 Å². The second kappa shape index (κ2) is 7.95. The number of halogens is 1. The smallest absolute Gasteiger partial charge is 0.311 e. The average molecular weight is 376 g/mol. The molecule has 0 unspecified atom stereocenters. The third-order valence-corrected chi connectivity index (χ3v) is 5.50. The molecule has 0 radical (unpaired) electrons. The Labute approximate surface area is 155 Å². The van der Waals surface area contributed by atoms with Crippen LogP contribution in [0, 0.1) is 5.82 Å². The van der Waals surface area contributed by atoms with Gasteiger partial charge in [-0.3, -0.25) is 9.59 Å². The fraction of sp³-hybridized carbons (Fsp3) is 0.421. The molecule has 0 atom stereocenters. The van der Waals surface area contributed by atoms with E-state index in [1.54, 1.807) is 24.4 Å². The first-order valence-corrected chi connectivity index (χ1v) is 9.59. The van der Waals surface area contributed by atoms with Gasteiger partial charge in [0.15, 0.2) is 5.13 Å². The van der Waals surface area contributed by atoms with Crippen LogP contribution in [0.15, 0.2) is 29.6 Å². The number of nitrogens with zero attached hydrogens (tertiary/aromatic N) is 1. The Hall–Kier alpha value is -2.28. The molecule has 7 heteroatoms. The predicted octanol–water partition coefficient (Wildman–Crippen LogP) is 3.84. The normalized spacial score (nSPS) is 15.6. The minimum Gasteiger partial charge on any atom is -0.466 e. The second-order valence-electron chi connectivity index (χ2n) is 6.38. The van der Waals surface area contributed by atoms with Gasteiger partial charge in [-0.05, 0) is 37.5 Å². The van der Waals surface area contributed by atoms with Gasteiger partial charge in [-0.1, -0.05) is 25.0 Å². The summed E-state index contributed by atoms with van der Waals surface area (Å²) in [5.74, 6) is -0.779. The molecule has 3 rings (SSSR count). The van der Waals surface area contributed by atoms with Crippen LogP contribution < -0.4 is 5.32 Å². The van der Waals surface area contributed by atoms with Crippen molar-refractivity contribution >= 4 is 28.3 Å². The Morgan fingerprint density at radius 3 is 2.62 bits per heavy atom. The first kappa shape index (κ1) is 18.5. The monoisotopic (exact) mass is 376 g/mol. The Morgan fingerprint density at radius 2 is 1.96 bits per heavy atom. The average Bonchev–Trinajstić information content (AvgIpc) is 3.26. The first-order chi connectivity index (χ1) is 12.5. The van der Waals surface area contributed by atoms with Crippen LogP contribution in [0.4, 0.5) is 9.52 Å². The number of rotatable bonds is 6. The number of benzene rings is 1. The Bertz CT molecular complexity index is 782. The predicted molar refractivity (Wildman–Crippen MR) is 97.6 cm³/mol. The number of anilines is 1. The summed E-state index contributed by atoms with van der Waals surface area (Å²) >= 11 is 1.28. The fourth-order valence-corrected chi connectivity index (χ4v) is 4.12. The van der Waals surface area contributed by atoms with Crippen LogP contribution in [-0.2, 0) is 26.2 Å². The highest BCUT2D eigenvalue weighted by atomic mass is 32.1. The number of aromatic nitrogens is 1. The van der Waals surface area contributed by atoms with E-state index in [4.69, 9.17) is 4.74 Å². The van der Waals surface area contributed by atoms with Crippen LogP contribution in [0.5, 0.6) is 0 Å². The molecule has 2 aromatic rings. The quantitative estimate of drug-likeness (QED) is 0.778. The summed E-state index contributed by atoms with van der Waals surface area (Å²) in [6.45, 7) is 2.08. The van der Waals surface area contributed by atoms with Gasteiger partial charge in [-0.15, -0.1) is 11.3 Å². The molecule has 5 nitrogen and oxygen atoms in total. The van der Waals surface area contributed by atoms with Gasteiger partial charge in [-0.2, -0.15) is 0 Å². The SMILES string of the molecule is CCOC(=O)Cc1csc(NC(=O)C2(c3ccc(F)cc3)CCCC2)n1. The number of carbonyl (C=O) groups excluding carboxylic acids is 2. The summed E-state index contributed by atoms with van der Waals surface area (Å²) in [5, 5.41) is 5.09. The highest BCUT2D eigenvalue weighted by Gasteiger charge is 2.43. The molecule has 1 aliphatic rings. The Balaban J connectivity index is 1.74. The summed E-state index contributed by atoms with van der Waals surface area (Å²) < 4.78 is 18.2. The summed E-state index contributed by atoms with van der Waals surface area (Å²) in [4.78, 5) is 28.9. The van der Waals surface area contributed by atoms with E-state index in [0.29, 0.717) is 17.4 Å². The molecule has 1 amide bonds. The zero-order valence-corrected chi connectivity index (χ0v) is 15.4. The standard InChI is InChI=1S/C19H21FN2O3S/c1-2-25-16(23)11-15-12-26-18(21-15)22-17(24)19(9-3-4-10-19)13-5-7-14(20)8-6-13/h5-8,12H,2-4,9-11H2,1H3,(H,21,22,24). The molecule has 1 aromatic heterocycles. The number of hydrogen-bond acceptors (Lipinski definition) is 5. The molecule has 1 saturated carbocycles. The largest absolute Gasteiger partial charge is 0.466 e. The van der Waals surface area contributed by atoms with E-state index < -0.39 is 5.41 Å². The Kier molecular flexibility index (Phi) is 5.66. The summed E-state index contributed by atoms with van der Waals surface area (Å²) in [5.41, 5.74) is 0.754. The molecule has 26 heavy (non-hydrogen) atoms. The maximum absolute atomic E-state index is 13.3. The van der Waals surface area contributed by atoms with Crippen molar-refractivity contribution in [1.29, 1.82) is 0 Å². The fourth-order valence-electron chi connectivity index (χ4n) is 3.42. The zero-order valence-electron chi connectivity index (χ0n) is 14.6. The number of ether oxygens (including phenoxy) is 1. The number of nitrogens with one attached hydrogen (secondary N) is 1. The van der Waals surface area contributed by atoms with Crippen LogP contribution in [0.1, 0.15) is 43.9 Å². The van der Waals surface area contributed by atoms with Gasteiger partial charge < -0.3 is 10.1 Å². The molecule has 1 fully saturated rings. The maximum Gasteiger partial charge on any atom is 0.311 e. The van der Waals surface area contributed by atoms with Crippen molar-refractivity contribution in [2.75, 3.05) is 11.9 Å². The van der Waals surface area contributed by atoms with E-state index in [1.165, 1.54) is 23.5 Å². The number of hydrogen-bond donors (Lipinski definition) is 1. The van der Waals surface area contributed by atoms with Crippen molar-refractivity contribution < 1.29 is 18.7 Å². The molecular weight excluding hydrogens is 355 g/mol. The zero-order chi connectivity index (χ0) is 18.6. The summed E-state index contributed by atoms with van der Waals surface area (Å²) in [6.07, 6.45) is 3.45. The number of thiazole rings is 1. The van der Waals surface area contributed by atoms with Gasteiger partial charge in [0, 0.05) is 5.38 Å². The summed E-state index contributed by atoms with van der Waals surface area (Å²) in [7, 11) is 0. The highest BCUT2D eigenvalue weighted by Crippen LogP contribution is 2.42. The van der Waals surface area contributed by atoms with Crippen LogP contribution >= 0.6 is 11.3 Å². The van der Waals surface area contributed by atoms with Crippen LogP contribution in [0.3, 0.4) is 0 Å². The molecule has 0 spiro atoms. The second-order valence-corrected chi connectivity index (χ2v) is 7.23. The minimum atomic E-state index is -0.652. The minimum absolute atomic E-state index is 0.0866. The van der Waals surface area contributed by atoms with Gasteiger partial charge in [0.2, 0.25) is 5.91 Å². The Morgan fingerprint density at radius 1 is 1.27 bits per heavy atom. The van der Waals surface area contributed by atoms with Crippen molar-refractivity contribution in [3.8, 4) is 0 Å². The lowest BCUT2D eigenvalue weighted by atomic mass is 9.78. The number of esters is 1. The number of amides is 1. The lowest BCUT2D eigenvalue weighted by Gasteiger charge is -2.27. The molecule has 1 aromatic carbocycles. The van der Waals surface area contributed by atoms with Crippen LogP contribution in [0.25, 0.3) is 0 Å². The van der Waals surface area contributed by atoms with Crippen LogP contribution in [0.2, 0.25) is 0 Å². The molecule has 1 heterocycles. The number of carbonyl (C=O) groups is 2. The van der Waals surface area contributed by atoms with Crippen molar-refractivity contribution in [2.45, 2.75) is 44.4 Å².